The highest BCUT2D eigenvalue weighted by molar-refractivity contribution is 5.95. The highest BCUT2D eigenvalue weighted by Gasteiger charge is 2.58. The lowest BCUT2D eigenvalue weighted by Gasteiger charge is -2.26. The van der Waals surface area contributed by atoms with Gasteiger partial charge in [0.1, 0.15) is 0 Å². The molecule has 2 aliphatic heterocycles. The number of fused-ring (bicyclic) bond motifs is 2. The number of hydrogen-bond donors (Lipinski definition) is 0. The Kier molecular flexibility index (Phi) is 4.15. The number of nitriles is 1. The maximum atomic E-state index is 13.6. The fraction of sp³-hybridized carbons (Fsp3) is 0.269. The van der Waals surface area contributed by atoms with Gasteiger partial charge in [-0.05, 0) is 42.7 Å². The van der Waals surface area contributed by atoms with Crippen LogP contribution in [0.25, 0.3) is 11.3 Å². The van der Waals surface area contributed by atoms with Gasteiger partial charge in [-0.1, -0.05) is 18.2 Å². The third-order valence-corrected chi connectivity index (χ3v) is 7.12. The Morgan fingerprint density at radius 3 is 2.58 bits per heavy atom. The molecule has 0 N–H and O–H groups in total. The maximum absolute atomic E-state index is 13.6. The molecule has 6 rings (SSSR count). The van der Waals surface area contributed by atoms with Gasteiger partial charge in [-0.2, -0.15) is 5.26 Å². The fourth-order valence-corrected chi connectivity index (χ4v) is 5.12. The van der Waals surface area contributed by atoms with Crippen molar-refractivity contribution in [3.05, 3.63) is 83.3 Å². The summed E-state index contributed by atoms with van der Waals surface area (Å²) >= 11 is 0. The lowest BCUT2D eigenvalue weighted by atomic mass is 9.92. The van der Waals surface area contributed by atoms with Gasteiger partial charge < -0.3 is 9.64 Å². The molecule has 1 aromatic carbocycles. The Bertz CT molecular complexity index is 1320. The van der Waals surface area contributed by atoms with Crippen LogP contribution < -0.4 is 0 Å². The number of rotatable bonds is 3. The number of carbonyl (C=O) groups excluding carboxylic acids is 2. The highest BCUT2D eigenvalue weighted by atomic mass is 16.6. The molecular formula is C26H20N4O3. The first-order valence-corrected chi connectivity index (χ1v) is 11.0. The number of benzene rings is 1. The fourth-order valence-electron chi connectivity index (χ4n) is 5.12. The van der Waals surface area contributed by atoms with E-state index < -0.39 is 11.0 Å². The third-order valence-electron chi connectivity index (χ3n) is 7.12. The third kappa shape index (κ3) is 2.94. The number of carbonyl (C=O) groups is 2. The molecule has 0 bridgehead atoms. The number of likely N-dealkylation sites (tertiary alicyclic amines) is 1. The molecule has 3 aromatic rings. The quantitative estimate of drug-likeness (QED) is 0.584. The zero-order chi connectivity index (χ0) is 22.6. The van der Waals surface area contributed by atoms with E-state index in [1.807, 2.05) is 35.2 Å². The average Bonchev–Trinajstić information content (AvgIpc) is 3.50. The SMILES string of the molecule is N#Cc1ccc(-c2ccc(C3(C(=O)N4CCC5(C4)OC(=O)c4cnccc45)CC3)cn2)cc1. The Labute approximate surface area is 190 Å². The summed E-state index contributed by atoms with van der Waals surface area (Å²) < 4.78 is 5.78. The Morgan fingerprint density at radius 2 is 1.88 bits per heavy atom. The van der Waals surface area contributed by atoms with Gasteiger partial charge in [-0.15, -0.1) is 0 Å². The first kappa shape index (κ1) is 19.6. The van der Waals surface area contributed by atoms with E-state index in [0.29, 0.717) is 30.6 Å². The van der Waals surface area contributed by atoms with Gasteiger partial charge in [0.05, 0.1) is 34.8 Å². The van der Waals surface area contributed by atoms with Crippen molar-refractivity contribution in [2.45, 2.75) is 30.3 Å². The highest BCUT2D eigenvalue weighted by Crippen LogP contribution is 2.52. The number of esters is 1. The van der Waals surface area contributed by atoms with Crippen molar-refractivity contribution in [1.82, 2.24) is 14.9 Å². The summed E-state index contributed by atoms with van der Waals surface area (Å²) in [6.45, 7) is 0.916. The lowest BCUT2D eigenvalue weighted by Crippen LogP contribution is -2.40. The van der Waals surface area contributed by atoms with E-state index in [1.165, 1.54) is 0 Å². The van der Waals surface area contributed by atoms with Gasteiger partial charge in [0, 0.05) is 42.7 Å². The molecular weight excluding hydrogens is 416 g/mol. The Morgan fingerprint density at radius 1 is 1.06 bits per heavy atom. The largest absolute Gasteiger partial charge is 0.449 e. The summed E-state index contributed by atoms with van der Waals surface area (Å²) in [5.41, 5.74) is 3.26. The predicted molar refractivity (Wildman–Crippen MR) is 118 cm³/mol. The van der Waals surface area contributed by atoms with Crippen LogP contribution in [0.15, 0.2) is 61.1 Å². The number of ether oxygens (including phenoxy) is 1. The Hall–Kier alpha value is -4.05. The molecule has 2 fully saturated rings. The molecule has 1 spiro atoms. The topological polar surface area (TPSA) is 96.2 Å². The van der Waals surface area contributed by atoms with Crippen molar-refractivity contribution in [1.29, 1.82) is 5.26 Å². The van der Waals surface area contributed by atoms with E-state index in [9.17, 15) is 9.59 Å². The molecule has 2 aromatic heterocycles. The number of hydrogen-bond acceptors (Lipinski definition) is 6. The van der Waals surface area contributed by atoms with Crippen molar-refractivity contribution in [2.75, 3.05) is 13.1 Å². The maximum Gasteiger partial charge on any atom is 0.341 e. The molecule has 1 atom stereocenters. The molecule has 162 valence electrons. The zero-order valence-corrected chi connectivity index (χ0v) is 17.8. The van der Waals surface area contributed by atoms with Crippen LogP contribution in [0.3, 0.4) is 0 Å². The number of aromatic nitrogens is 2. The van der Waals surface area contributed by atoms with Crippen LogP contribution >= 0.6 is 0 Å². The standard InChI is InChI=1S/C26H20N4O3/c27-13-17-1-3-18(4-2-17)22-6-5-19(14-29-22)25(8-9-25)24(32)30-12-10-26(16-30)21-7-11-28-15-20(21)23(31)33-26/h1-7,11,14-15H,8-10,12,16H2. The van der Waals surface area contributed by atoms with Crippen molar-refractivity contribution >= 4 is 11.9 Å². The van der Waals surface area contributed by atoms with Crippen LogP contribution in [0, 0.1) is 11.3 Å². The van der Waals surface area contributed by atoms with Crippen LogP contribution in [-0.4, -0.2) is 39.8 Å². The summed E-state index contributed by atoms with van der Waals surface area (Å²) in [5, 5.41) is 8.97. The Balaban J connectivity index is 1.23. The molecule has 1 saturated heterocycles. The molecule has 1 unspecified atom stereocenters. The molecule has 3 aliphatic rings. The molecule has 7 nitrogen and oxygen atoms in total. The zero-order valence-electron chi connectivity index (χ0n) is 17.8. The van der Waals surface area contributed by atoms with E-state index >= 15 is 0 Å². The van der Waals surface area contributed by atoms with Gasteiger partial charge in [0.2, 0.25) is 5.91 Å². The first-order chi connectivity index (χ1) is 16.0. The predicted octanol–water partition coefficient (Wildman–Crippen LogP) is 3.35. The van der Waals surface area contributed by atoms with Gasteiger partial charge >= 0.3 is 5.97 Å². The van der Waals surface area contributed by atoms with Crippen LogP contribution in [0.4, 0.5) is 0 Å². The van der Waals surface area contributed by atoms with Crippen molar-refractivity contribution < 1.29 is 14.3 Å². The second-order valence-electron chi connectivity index (χ2n) is 8.99. The van der Waals surface area contributed by atoms with Crippen molar-refractivity contribution in [3.8, 4) is 17.3 Å². The summed E-state index contributed by atoms with van der Waals surface area (Å²) in [6.07, 6.45) is 7.16. The van der Waals surface area contributed by atoms with Gasteiger partial charge in [0.15, 0.2) is 5.60 Å². The summed E-state index contributed by atoms with van der Waals surface area (Å²) in [5.74, 6) is -0.290. The van der Waals surface area contributed by atoms with E-state index in [1.54, 1.807) is 30.7 Å². The molecule has 4 heterocycles. The van der Waals surface area contributed by atoms with Gasteiger partial charge in [-0.25, -0.2) is 4.79 Å². The minimum atomic E-state index is -0.765. The minimum Gasteiger partial charge on any atom is -0.449 e. The number of pyridine rings is 2. The monoisotopic (exact) mass is 436 g/mol. The van der Waals surface area contributed by atoms with Crippen molar-refractivity contribution in [3.63, 3.8) is 0 Å². The summed E-state index contributed by atoms with van der Waals surface area (Å²) in [7, 11) is 0. The molecule has 0 radical (unpaired) electrons. The molecule has 1 aliphatic carbocycles. The normalized spacial score (nSPS) is 22.0. The van der Waals surface area contributed by atoms with Crippen LogP contribution in [-0.2, 0) is 20.5 Å². The van der Waals surface area contributed by atoms with E-state index in [4.69, 9.17) is 10.00 Å². The molecule has 1 amide bonds. The average molecular weight is 436 g/mol. The van der Waals surface area contributed by atoms with Crippen molar-refractivity contribution in [2.24, 2.45) is 0 Å². The van der Waals surface area contributed by atoms with Crippen LogP contribution in [0.5, 0.6) is 0 Å². The summed E-state index contributed by atoms with van der Waals surface area (Å²) in [4.78, 5) is 36.4. The van der Waals surface area contributed by atoms with Crippen LogP contribution in [0.1, 0.15) is 46.3 Å². The number of nitrogens with zero attached hydrogens (tertiary/aromatic N) is 4. The van der Waals surface area contributed by atoms with E-state index in [-0.39, 0.29) is 11.9 Å². The van der Waals surface area contributed by atoms with Gasteiger partial charge in [-0.3, -0.25) is 14.8 Å². The summed E-state index contributed by atoms with van der Waals surface area (Å²) in [6, 6.07) is 15.1. The second kappa shape index (κ2) is 6.97. The first-order valence-electron chi connectivity index (χ1n) is 11.0. The van der Waals surface area contributed by atoms with Gasteiger partial charge in [0.25, 0.3) is 0 Å². The smallest absolute Gasteiger partial charge is 0.341 e. The molecule has 7 heteroatoms. The second-order valence-corrected chi connectivity index (χ2v) is 8.99. The molecule has 1 saturated carbocycles. The molecule has 33 heavy (non-hydrogen) atoms. The lowest BCUT2D eigenvalue weighted by molar-refractivity contribution is -0.134. The van der Waals surface area contributed by atoms with E-state index in [0.717, 1.165) is 35.2 Å². The minimum absolute atomic E-state index is 0.0749. The van der Waals surface area contributed by atoms with Crippen LogP contribution in [0.2, 0.25) is 0 Å². The number of amides is 1. The van der Waals surface area contributed by atoms with E-state index in [2.05, 4.69) is 16.0 Å².